The van der Waals surface area contributed by atoms with Crippen molar-refractivity contribution in [2.45, 2.75) is 33.2 Å². The first kappa shape index (κ1) is 21.3. The number of hydrogen-bond acceptors (Lipinski definition) is 7. The molecule has 0 saturated heterocycles. The molecule has 3 heterocycles. The van der Waals surface area contributed by atoms with E-state index < -0.39 is 6.43 Å². The second-order valence-electron chi connectivity index (χ2n) is 6.79. The molecule has 2 N–H and O–H groups in total. The summed E-state index contributed by atoms with van der Waals surface area (Å²) in [5.41, 5.74) is 2.98. The molecule has 1 amide bonds. The quantitative estimate of drug-likeness (QED) is 0.443. The second-order valence-corrected chi connectivity index (χ2v) is 6.79. The molecule has 0 aliphatic carbocycles. The summed E-state index contributed by atoms with van der Waals surface area (Å²) in [5, 5.41) is 3.65. The number of nitrogens with two attached hydrogens (primary N) is 1. The average molecular weight is 416 g/mol. The molecule has 0 fully saturated rings. The van der Waals surface area contributed by atoms with E-state index in [1.807, 2.05) is 6.07 Å². The van der Waals surface area contributed by atoms with Crippen LogP contribution in [0.2, 0.25) is 0 Å². The lowest BCUT2D eigenvalue weighted by atomic mass is 10.0. The number of amides is 1. The molecule has 0 unspecified atom stereocenters. The van der Waals surface area contributed by atoms with Crippen molar-refractivity contribution in [3.05, 3.63) is 47.4 Å². The predicted molar refractivity (Wildman–Crippen MR) is 108 cm³/mol. The maximum absolute atomic E-state index is 12.7. The number of rotatable bonds is 6. The lowest BCUT2D eigenvalue weighted by Gasteiger charge is -2.27. The summed E-state index contributed by atoms with van der Waals surface area (Å²) in [6.07, 6.45) is 1.03. The van der Waals surface area contributed by atoms with Crippen molar-refractivity contribution in [2.24, 2.45) is 15.9 Å². The Labute approximate surface area is 172 Å². The monoisotopic (exact) mass is 416 g/mol. The number of ether oxygens (including phenoxy) is 1. The van der Waals surface area contributed by atoms with Crippen molar-refractivity contribution in [1.29, 1.82) is 0 Å². The highest BCUT2D eigenvalue weighted by Crippen LogP contribution is 2.22. The number of halogens is 2. The van der Waals surface area contributed by atoms with Gasteiger partial charge in [-0.3, -0.25) is 9.78 Å². The molecule has 8 nitrogen and oxygen atoms in total. The van der Waals surface area contributed by atoms with Crippen molar-refractivity contribution in [2.75, 3.05) is 13.2 Å². The standard InChI is InChI=1S/C20H22F2N6O2/c1-12(27-23)18(26-16-3-4-17(20(21)22)24-9-16)11-30-19-7-14-5-6-28(13(2)29)10-15(14)8-25-19/h3-4,7-9,20H,5-6,10-11,23H2,1-2H3. The Hall–Kier alpha value is -3.43. The summed E-state index contributed by atoms with van der Waals surface area (Å²) < 4.78 is 31.1. The molecular formula is C20H22F2N6O2. The zero-order valence-corrected chi connectivity index (χ0v) is 16.7. The van der Waals surface area contributed by atoms with Crippen LogP contribution < -0.4 is 10.6 Å². The highest BCUT2D eigenvalue weighted by atomic mass is 19.3. The molecule has 2 aromatic heterocycles. The molecule has 30 heavy (non-hydrogen) atoms. The lowest BCUT2D eigenvalue weighted by molar-refractivity contribution is -0.129. The molecule has 2 aromatic rings. The van der Waals surface area contributed by atoms with Gasteiger partial charge < -0.3 is 15.5 Å². The molecule has 158 valence electrons. The average Bonchev–Trinajstić information content (AvgIpc) is 2.75. The fourth-order valence-electron chi connectivity index (χ4n) is 2.95. The van der Waals surface area contributed by atoms with Gasteiger partial charge >= 0.3 is 0 Å². The molecule has 0 spiro atoms. The van der Waals surface area contributed by atoms with Gasteiger partial charge in [0.25, 0.3) is 6.43 Å². The molecule has 0 aromatic carbocycles. The molecule has 0 bridgehead atoms. The first-order valence-corrected chi connectivity index (χ1v) is 9.30. The van der Waals surface area contributed by atoms with E-state index in [0.29, 0.717) is 36.1 Å². The Kier molecular flexibility index (Phi) is 6.65. The van der Waals surface area contributed by atoms with E-state index in [2.05, 4.69) is 20.1 Å². The molecule has 1 aliphatic heterocycles. The number of carbonyl (C=O) groups excluding carboxylic acids is 1. The SMILES string of the molecule is CC(=O)N1CCc2cc(OCC(=Nc3ccc(C(F)F)nc3)C(C)=NN)ncc2C1. The highest BCUT2D eigenvalue weighted by molar-refractivity contribution is 6.42. The number of fused-ring (bicyclic) bond motifs is 1. The van der Waals surface area contributed by atoms with E-state index in [4.69, 9.17) is 10.6 Å². The van der Waals surface area contributed by atoms with Crippen molar-refractivity contribution in [1.82, 2.24) is 14.9 Å². The summed E-state index contributed by atoms with van der Waals surface area (Å²) in [4.78, 5) is 25.7. The van der Waals surface area contributed by atoms with Crippen LogP contribution in [0.4, 0.5) is 14.5 Å². The van der Waals surface area contributed by atoms with Gasteiger partial charge in [-0.1, -0.05) is 0 Å². The third-order valence-corrected chi connectivity index (χ3v) is 4.74. The number of alkyl halides is 2. The number of hydrazone groups is 1. The van der Waals surface area contributed by atoms with Gasteiger partial charge in [-0.2, -0.15) is 5.10 Å². The van der Waals surface area contributed by atoms with Crippen LogP contribution >= 0.6 is 0 Å². The summed E-state index contributed by atoms with van der Waals surface area (Å²) in [7, 11) is 0. The molecule has 0 atom stereocenters. The van der Waals surface area contributed by atoms with E-state index in [1.54, 1.807) is 24.9 Å². The number of carbonyl (C=O) groups is 1. The van der Waals surface area contributed by atoms with Gasteiger partial charge in [0.15, 0.2) is 0 Å². The zero-order valence-electron chi connectivity index (χ0n) is 16.7. The summed E-state index contributed by atoms with van der Waals surface area (Å²) in [5.74, 6) is 5.82. The third-order valence-electron chi connectivity index (χ3n) is 4.74. The fourth-order valence-corrected chi connectivity index (χ4v) is 2.95. The topological polar surface area (TPSA) is 106 Å². The predicted octanol–water partition coefficient (Wildman–Crippen LogP) is 2.80. The van der Waals surface area contributed by atoms with Crippen LogP contribution in [0.5, 0.6) is 5.88 Å². The van der Waals surface area contributed by atoms with Crippen molar-refractivity contribution in [3.63, 3.8) is 0 Å². The van der Waals surface area contributed by atoms with Crippen LogP contribution in [-0.4, -0.2) is 45.4 Å². The van der Waals surface area contributed by atoms with E-state index in [0.717, 1.165) is 17.5 Å². The Morgan fingerprint density at radius 3 is 2.70 bits per heavy atom. The van der Waals surface area contributed by atoms with Gasteiger partial charge in [0.1, 0.15) is 18.0 Å². The normalized spacial score (nSPS) is 14.6. The molecule has 10 heteroatoms. The Morgan fingerprint density at radius 2 is 2.07 bits per heavy atom. The van der Waals surface area contributed by atoms with Gasteiger partial charge in [-0.15, -0.1) is 0 Å². The van der Waals surface area contributed by atoms with Gasteiger partial charge in [0, 0.05) is 32.3 Å². The van der Waals surface area contributed by atoms with E-state index in [1.165, 1.54) is 18.3 Å². The lowest BCUT2D eigenvalue weighted by Crippen LogP contribution is -2.34. The largest absolute Gasteiger partial charge is 0.471 e. The van der Waals surface area contributed by atoms with Crippen LogP contribution in [0.25, 0.3) is 0 Å². The fraction of sp³-hybridized carbons (Fsp3) is 0.350. The van der Waals surface area contributed by atoms with Crippen LogP contribution in [-0.2, 0) is 17.8 Å². The number of pyridine rings is 2. The highest BCUT2D eigenvalue weighted by Gasteiger charge is 2.19. The van der Waals surface area contributed by atoms with E-state index in [-0.39, 0.29) is 18.2 Å². The van der Waals surface area contributed by atoms with Gasteiger partial charge in [0.2, 0.25) is 11.8 Å². The minimum absolute atomic E-state index is 0.0362. The maximum Gasteiger partial charge on any atom is 0.280 e. The molecule has 0 radical (unpaired) electrons. The first-order chi connectivity index (χ1) is 14.4. The minimum Gasteiger partial charge on any atom is -0.471 e. The van der Waals surface area contributed by atoms with Gasteiger partial charge in [0.05, 0.1) is 17.6 Å². The van der Waals surface area contributed by atoms with Crippen LogP contribution in [0.1, 0.15) is 37.1 Å². The maximum atomic E-state index is 12.7. The molecule has 3 rings (SSSR count). The Balaban J connectivity index is 1.73. The Morgan fingerprint density at radius 1 is 1.27 bits per heavy atom. The number of hydrogen-bond donors (Lipinski definition) is 1. The third kappa shape index (κ3) is 5.13. The zero-order chi connectivity index (χ0) is 21.7. The summed E-state index contributed by atoms with van der Waals surface area (Å²) >= 11 is 0. The number of aliphatic imine (C=N–C) groups is 1. The van der Waals surface area contributed by atoms with Gasteiger partial charge in [-0.05, 0) is 36.6 Å². The van der Waals surface area contributed by atoms with Crippen LogP contribution in [0, 0.1) is 0 Å². The summed E-state index contributed by atoms with van der Waals surface area (Å²) in [6, 6.07) is 4.50. The van der Waals surface area contributed by atoms with Crippen molar-refractivity contribution < 1.29 is 18.3 Å². The number of nitrogens with zero attached hydrogens (tertiary/aromatic N) is 5. The Bertz CT molecular complexity index is 976. The smallest absolute Gasteiger partial charge is 0.280 e. The van der Waals surface area contributed by atoms with Crippen molar-refractivity contribution >= 4 is 23.0 Å². The second kappa shape index (κ2) is 9.38. The molecule has 0 saturated carbocycles. The van der Waals surface area contributed by atoms with Crippen LogP contribution in [0.15, 0.2) is 40.7 Å². The number of aromatic nitrogens is 2. The minimum atomic E-state index is -2.64. The summed E-state index contributed by atoms with van der Waals surface area (Å²) in [6.45, 7) is 4.44. The first-order valence-electron chi connectivity index (χ1n) is 9.30. The van der Waals surface area contributed by atoms with Gasteiger partial charge in [-0.25, -0.2) is 18.8 Å². The molecule has 1 aliphatic rings. The van der Waals surface area contributed by atoms with Crippen LogP contribution in [0.3, 0.4) is 0 Å². The van der Waals surface area contributed by atoms with E-state index >= 15 is 0 Å². The molecular weight excluding hydrogens is 394 g/mol. The van der Waals surface area contributed by atoms with Crippen molar-refractivity contribution in [3.8, 4) is 5.88 Å². The van der Waals surface area contributed by atoms with E-state index in [9.17, 15) is 13.6 Å².